The summed E-state index contributed by atoms with van der Waals surface area (Å²) in [5, 5.41) is 13.4. The number of fused-ring (bicyclic) bond motifs is 3. The maximum Gasteiger partial charge on any atom is 0.410 e. The molecule has 0 saturated carbocycles. The standard InChI is InChI=1S/C26H40N2O3Si/c1-24(2,3)31-23(29)28-18-13-14-19(28)16-26(30,15-18)21-17-27(32(7,8)25(4,5)6)22-12-10-9-11-20(21)22/h9-12,17-19,30H,13-16H2,1-8H3/t18-,19-/m1/s1. The molecule has 2 fully saturated rings. The van der Waals surface area contributed by atoms with Crippen molar-refractivity contribution in [2.24, 2.45) is 0 Å². The third-order valence-corrected chi connectivity index (χ3v) is 13.3. The molecule has 2 aliphatic rings. The average molecular weight is 457 g/mol. The fourth-order valence-corrected chi connectivity index (χ4v) is 7.40. The lowest BCUT2D eigenvalue weighted by atomic mass is 9.80. The molecule has 3 heterocycles. The third kappa shape index (κ3) is 3.79. The van der Waals surface area contributed by atoms with E-state index in [4.69, 9.17) is 4.74 Å². The zero-order valence-corrected chi connectivity index (χ0v) is 22.0. The number of amides is 1. The zero-order chi connectivity index (χ0) is 23.7. The molecule has 6 heteroatoms. The molecule has 2 aromatic rings. The summed E-state index contributed by atoms with van der Waals surface area (Å²) in [4.78, 5) is 14.8. The number of nitrogens with zero attached hydrogens (tertiary/aromatic N) is 2. The first-order valence-electron chi connectivity index (χ1n) is 12.0. The smallest absolute Gasteiger partial charge is 0.410 e. The van der Waals surface area contributed by atoms with Crippen molar-refractivity contribution in [3.05, 3.63) is 36.0 Å². The van der Waals surface area contributed by atoms with Crippen LogP contribution in [-0.2, 0) is 10.3 Å². The SMILES string of the molecule is CC(C)(C)OC(=O)N1[C@@H]2CC[C@@H]1CC(O)(c1cn([Si](C)(C)C(C)(C)C)c3ccccc13)C2. The van der Waals surface area contributed by atoms with Crippen LogP contribution in [-0.4, -0.2) is 46.3 Å². The van der Waals surface area contributed by atoms with E-state index < -0.39 is 19.4 Å². The van der Waals surface area contributed by atoms with Crippen molar-refractivity contribution in [3.8, 4) is 0 Å². The molecule has 2 aliphatic heterocycles. The fraction of sp³-hybridized carbons (Fsp3) is 0.654. The number of carbonyl (C=O) groups is 1. The summed E-state index contributed by atoms with van der Waals surface area (Å²) in [5.74, 6) is 0. The highest BCUT2D eigenvalue weighted by molar-refractivity contribution is 6.79. The van der Waals surface area contributed by atoms with Crippen LogP contribution in [0, 0.1) is 0 Å². The molecule has 1 amide bonds. The van der Waals surface area contributed by atoms with Gasteiger partial charge in [-0.05, 0) is 44.7 Å². The molecule has 1 aromatic heterocycles. The Bertz CT molecular complexity index is 1010. The van der Waals surface area contributed by atoms with Gasteiger partial charge in [-0.3, -0.25) is 0 Å². The number of hydrogen-bond acceptors (Lipinski definition) is 3. The van der Waals surface area contributed by atoms with Gasteiger partial charge in [-0.15, -0.1) is 0 Å². The Labute approximate surface area is 193 Å². The number of para-hydroxylation sites is 1. The van der Waals surface area contributed by atoms with E-state index in [0.29, 0.717) is 12.8 Å². The molecule has 1 aromatic carbocycles. The van der Waals surface area contributed by atoms with Gasteiger partial charge in [0.15, 0.2) is 8.24 Å². The third-order valence-electron chi connectivity index (χ3n) is 8.02. The van der Waals surface area contributed by atoms with Crippen molar-refractivity contribution in [1.82, 2.24) is 9.13 Å². The minimum absolute atomic E-state index is 0.0172. The van der Waals surface area contributed by atoms with Crippen LogP contribution in [0.3, 0.4) is 0 Å². The highest BCUT2D eigenvalue weighted by Crippen LogP contribution is 2.49. The number of aliphatic hydroxyl groups is 1. The molecule has 0 radical (unpaired) electrons. The van der Waals surface area contributed by atoms with Gasteiger partial charge in [0.1, 0.15) is 5.60 Å². The molecule has 176 valence electrons. The van der Waals surface area contributed by atoms with Gasteiger partial charge in [0.25, 0.3) is 0 Å². The maximum absolute atomic E-state index is 12.9. The normalized spacial score (nSPS) is 26.6. The Hall–Kier alpha value is -1.79. The van der Waals surface area contributed by atoms with E-state index >= 15 is 0 Å². The topological polar surface area (TPSA) is 54.7 Å². The molecule has 2 saturated heterocycles. The number of aromatic nitrogens is 1. The summed E-state index contributed by atoms with van der Waals surface area (Å²) in [5.41, 5.74) is 0.793. The predicted octanol–water partition coefficient (Wildman–Crippen LogP) is 6.24. The molecule has 1 N–H and O–H groups in total. The second-order valence-corrected chi connectivity index (χ2v) is 17.6. The van der Waals surface area contributed by atoms with Crippen molar-refractivity contribution in [2.45, 2.75) is 109 Å². The molecular formula is C26H40N2O3Si. The second kappa shape index (κ2) is 7.36. The molecule has 0 spiro atoms. The first-order valence-corrected chi connectivity index (χ1v) is 14.9. The van der Waals surface area contributed by atoms with E-state index in [1.54, 1.807) is 0 Å². The quantitative estimate of drug-likeness (QED) is 0.544. The number of ether oxygens (including phenoxy) is 1. The maximum atomic E-state index is 12.9. The van der Waals surface area contributed by atoms with E-state index in [1.165, 1.54) is 5.52 Å². The van der Waals surface area contributed by atoms with Crippen LogP contribution in [0.4, 0.5) is 4.79 Å². The van der Waals surface area contributed by atoms with E-state index in [-0.39, 0.29) is 23.2 Å². The highest BCUT2D eigenvalue weighted by atomic mass is 28.3. The summed E-state index contributed by atoms with van der Waals surface area (Å²) in [6, 6.07) is 8.53. The van der Waals surface area contributed by atoms with Gasteiger partial charge in [0, 0.05) is 47.6 Å². The molecule has 5 nitrogen and oxygen atoms in total. The van der Waals surface area contributed by atoms with Crippen LogP contribution < -0.4 is 0 Å². The van der Waals surface area contributed by atoms with Crippen molar-refractivity contribution in [3.63, 3.8) is 0 Å². The van der Waals surface area contributed by atoms with Gasteiger partial charge in [-0.2, -0.15) is 0 Å². The number of rotatable bonds is 2. The number of benzene rings is 1. The lowest BCUT2D eigenvalue weighted by molar-refractivity contribution is -0.0616. The van der Waals surface area contributed by atoms with E-state index in [9.17, 15) is 9.90 Å². The van der Waals surface area contributed by atoms with Crippen LogP contribution in [0.25, 0.3) is 10.9 Å². The predicted molar refractivity (Wildman–Crippen MR) is 133 cm³/mol. The summed E-state index contributed by atoms with van der Waals surface area (Å²) in [6.45, 7) is 17.5. The highest BCUT2D eigenvalue weighted by Gasteiger charge is 2.52. The first kappa shape index (κ1) is 23.4. The molecule has 4 rings (SSSR count). The van der Waals surface area contributed by atoms with E-state index in [2.05, 4.69) is 68.6 Å². The molecule has 2 bridgehead atoms. The van der Waals surface area contributed by atoms with Gasteiger partial charge < -0.3 is 19.0 Å². The van der Waals surface area contributed by atoms with Gasteiger partial charge >= 0.3 is 6.09 Å². The lowest BCUT2D eigenvalue weighted by Crippen LogP contribution is -2.53. The number of hydrogen-bond donors (Lipinski definition) is 1. The van der Waals surface area contributed by atoms with Crippen LogP contribution in [0.5, 0.6) is 0 Å². The van der Waals surface area contributed by atoms with Gasteiger partial charge in [0.05, 0.1) is 5.60 Å². The first-order chi connectivity index (χ1) is 14.6. The van der Waals surface area contributed by atoms with Gasteiger partial charge in [-0.1, -0.05) is 52.1 Å². The van der Waals surface area contributed by atoms with E-state index in [0.717, 1.165) is 23.8 Å². The van der Waals surface area contributed by atoms with Crippen molar-refractivity contribution >= 4 is 25.2 Å². The molecule has 0 aliphatic carbocycles. The molecule has 0 unspecified atom stereocenters. The summed E-state index contributed by atoms with van der Waals surface area (Å²) >= 11 is 0. The molecular weight excluding hydrogens is 416 g/mol. The van der Waals surface area contributed by atoms with Crippen LogP contribution in [0.1, 0.15) is 72.8 Å². The van der Waals surface area contributed by atoms with Crippen molar-refractivity contribution in [2.75, 3.05) is 0 Å². The summed E-state index contributed by atoms with van der Waals surface area (Å²) in [7, 11) is -1.88. The van der Waals surface area contributed by atoms with E-state index in [1.807, 2.05) is 25.7 Å². The number of piperidine rings is 1. The Balaban J connectivity index is 1.73. The largest absolute Gasteiger partial charge is 0.444 e. The lowest BCUT2D eigenvalue weighted by Gasteiger charge is -2.44. The summed E-state index contributed by atoms with van der Waals surface area (Å²) < 4.78 is 8.18. The summed E-state index contributed by atoms with van der Waals surface area (Å²) in [6.07, 6.45) is 4.98. The Morgan fingerprint density at radius 2 is 1.62 bits per heavy atom. The van der Waals surface area contributed by atoms with Crippen molar-refractivity contribution < 1.29 is 14.6 Å². The van der Waals surface area contributed by atoms with Gasteiger partial charge in [0.2, 0.25) is 0 Å². The van der Waals surface area contributed by atoms with Crippen LogP contribution in [0.15, 0.2) is 30.5 Å². The monoisotopic (exact) mass is 456 g/mol. The Morgan fingerprint density at radius 1 is 1.06 bits per heavy atom. The second-order valence-electron chi connectivity index (χ2n) is 12.5. The molecule has 32 heavy (non-hydrogen) atoms. The minimum Gasteiger partial charge on any atom is -0.444 e. The Morgan fingerprint density at radius 3 is 2.16 bits per heavy atom. The zero-order valence-electron chi connectivity index (χ0n) is 21.0. The fourth-order valence-electron chi connectivity index (χ4n) is 5.43. The van der Waals surface area contributed by atoms with Crippen LogP contribution in [0.2, 0.25) is 18.1 Å². The van der Waals surface area contributed by atoms with Crippen molar-refractivity contribution in [1.29, 1.82) is 0 Å². The Kier molecular flexibility index (Phi) is 5.37. The van der Waals surface area contributed by atoms with Gasteiger partial charge in [-0.25, -0.2) is 4.79 Å². The minimum atomic E-state index is -1.88. The molecule has 2 atom stereocenters. The van der Waals surface area contributed by atoms with Crippen LogP contribution >= 0.6 is 0 Å². The average Bonchev–Trinajstić information content (AvgIpc) is 3.17. The number of carbonyl (C=O) groups excluding carboxylic acids is 1.